The number of pyridine rings is 1. The Morgan fingerprint density at radius 1 is 1.14 bits per heavy atom. The normalized spacial score (nSPS) is 26.0. The summed E-state index contributed by atoms with van der Waals surface area (Å²) < 4.78 is 51.6. The molecule has 2 aromatic carbocycles. The number of rotatable bonds is 5. The Bertz CT molecular complexity index is 1760. The minimum atomic E-state index is -0.979. The van der Waals surface area contributed by atoms with Crippen LogP contribution < -0.4 is 9.64 Å². The van der Waals surface area contributed by atoms with Gasteiger partial charge in [-0.05, 0) is 62.7 Å². The molecule has 3 aliphatic heterocycles. The van der Waals surface area contributed by atoms with Crippen LogP contribution >= 0.6 is 11.6 Å². The minimum absolute atomic E-state index is 0.0721. The number of aliphatic hydroxyl groups is 1. The number of fused-ring (bicyclic) bond motifs is 3. The average molecular weight is 614 g/mol. The maximum absolute atomic E-state index is 16.6. The maximum atomic E-state index is 16.6. The average Bonchev–Trinajstić information content (AvgIpc) is 3.48. The van der Waals surface area contributed by atoms with E-state index in [0.717, 1.165) is 19.4 Å². The first-order valence-electron chi connectivity index (χ1n) is 14.5. The summed E-state index contributed by atoms with van der Waals surface area (Å²) in [5, 5.41) is 21.9. The number of alkyl halides is 1. The molecule has 0 spiro atoms. The summed E-state index contributed by atoms with van der Waals surface area (Å²) in [6.45, 7) is 3.88. The Morgan fingerprint density at radius 2 is 1.95 bits per heavy atom. The van der Waals surface area contributed by atoms with Crippen molar-refractivity contribution in [2.75, 3.05) is 37.7 Å². The van der Waals surface area contributed by atoms with Crippen molar-refractivity contribution in [3.63, 3.8) is 0 Å². The van der Waals surface area contributed by atoms with Crippen molar-refractivity contribution in [1.29, 1.82) is 0 Å². The third-order valence-corrected chi connectivity index (χ3v) is 9.47. The topological polar surface area (TPSA) is 94.8 Å². The summed E-state index contributed by atoms with van der Waals surface area (Å²) >= 11 is 6.33. The van der Waals surface area contributed by atoms with E-state index < -0.39 is 28.9 Å². The highest BCUT2D eigenvalue weighted by atomic mass is 35.5. The highest BCUT2D eigenvalue weighted by Gasteiger charge is 2.49. The van der Waals surface area contributed by atoms with Gasteiger partial charge in [-0.25, -0.2) is 13.2 Å². The molecule has 0 unspecified atom stereocenters. The molecule has 3 saturated heterocycles. The number of aromatic hydroxyl groups is 1. The van der Waals surface area contributed by atoms with E-state index >= 15 is 4.39 Å². The van der Waals surface area contributed by atoms with E-state index in [1.165, 1.54) is 30.5 Å². The van der Waals surface area contributed by atoms with Crippen LogP contribution in [0.4, 0.5) is 19.0 Å². The number of hydrogen-bond donors (Lipinski definition) is 2. The molecule has 226 valence electrons. The van der Waals surface area contributed by atoms with Crippen LogP contribution in [-0.2, 0) is 0 Å². The van der Waals surface area contributed by atoms with Gasteiger partial charge in [0, 0.05) is 43.2 Å². The number of benzene rings is 2. The van der Waals surface area contributed by atoms with Gasteiger partial charge in [0.25, 0.3) is 0 Å². The Balaban J connectivity index is 1.37. The minimum Gasteiger partial charge on any atom is -0.508 e. The van der Waals surface area contributed by atoms with E-state index in [0.29, 0.717) is 48.9 Å². The molecule has 8 nitrogen and oxygen atoms in total. The Morgan fingerprint density at radius 3 is 2.77 bits per heavy atom. The van der Waals surface area contributed by atoms with Crippen molar-refractivity contribution < 1.29 is 28.1 Å². The van der Waals surface area contributed by atoms with E-state index in [1.807, 2.05) is 4.90 Å². The third kappa shape index (κ3) is 4.91. The molecule has 7 rings (SSSR count). The van der Waals surface area contributed by atoms with Crippen molar-refractivity contribution in [2.24, 2.45) is 0 Å². The van der Waals surface area contributed by atoms with Crippen LogP contribution in [0.5, 0.6) is 11.8 Å². The van der Waals surface area contributed by atoms with E-state index in [-0.39, 0.29) is 52.1 Å². The van der Waals surface area contributed by atoms with Crippen LogP contribution in [-0.4, -0.2) is 80.2 Å². The van der Waals surface area contributed by atoms with Gasteiger partial charge in [0.05, 0.1) is 21.5 Å². The van der Waals surface area contributed by atoms with Gasteiger partial charge in [-0.2, -0.15) is 9.97 Å². The van der Waals surface area contributed by atoms with Gasteiger partial charge in [-0.15, -0.1) is 0 Å². The predicted octanol–water partition coefficient (Wildman–Crippen LogP) is 5.79. The number of nitrogens with zero attached hydrogens (tertiary/aromatic N) is 5. The van der Waals surface area contributed by atoms with E-state index in [1.54, 1.807) is 6.92 Å². The lowest BCUT2D eigenvalue weighted by molar-refractivity contribution is 0.0447. The van der Waals surface area contributed by atoms with Crippen molar-refractivity contribution in [1.82, 2.24) is 19.9 Å². The summed E-state index contributed by atoms with van der Waals surface area (Å²) in [7, 11) is 0. The standard InChI is InChI=1S/C31H31ClF3N5O3/c1-30(42)6-2-8-39(15-30)28-21-13-36-26(20-11-19(41)10-17-4-5-22(34)24(32)23(17)20)25(35)27(21)37-29(38-28)43-16-31-7-3-9-40(31)14-18(33)12-31/h4-5,10-11,13,18,41-42H,2-3,6-9,12,14-16H2,1H3/t18-,30-,31+/m1/s1. The zero-order valence-corrected chi connectivity index (χ0v) is 24.3. The SMILES string of the molecule is C[C@@]1(O)CCCN(c2nc(OC[C@@]34CCCN3C[C@H](F)C4)nc3c(F)c(-c4cc(O)cc5ccc(F)c(Cl)c45)ncc23)C1. The second-order valence-corrected chi connectivity index (χ2v) is 12.7. The van der Waals surface area contributed by atoms with Crippen LogP contribution in [0.15, 0.2) is 30.5 Å². The highest BCUT2D eigenvalue weighted by molar-refractivity contribution is 6.37. The van der Waals surface area contributed by atoms with E-state index in [4.69, 9.17) is 16.3 Å². The fraction of sp³-hybridized carbons (Fsp3) is 0.452. The fourth-order valence-corrected chi connectivity index (χ4v) is 7.40. The number of aromatic nitrogens is 3. The number of halogens is 4. The molecule has 12 heteroatoms. The first kappa shape index (κ1) is 28.4. The molecule has 0 bridgehead atoms. The van der Waals surface area contributed by atoms with E-state index in [2.05, 4.69) is 19.9 Å². The first-order valence-corrected chi connectivity index (χ1v) is 14.9. The molecular formula is C31H31ClF3N5O3. The maximum Gasteiger partial charge on any atom is 0.319 e. The monoisotopic (exact) mass is 613 g/mol. The Kier molecular flexibility index (Phi) is 6.83. The fourth-order valence-electron chi connectivity index (χ4n) is 7.13. The van der Waals surface area contributed by atoms with Gasteiger partial charge >= 0.3 is 6.01 Å². The summed E-state index contributed by atoms with van der Waals surface area (Å²) in [5.74, 6) is -1.33. The predicted molar refractivity (Wildman–Crippen MR) is 157 cm³/mol. The number of phenolic OH excluding ortho intramolecular Hbond substituents is 1. The number of anilines is 1. The zero-order chi connectivity index (χ0) is 30.1. The van der Waals surface area contributed by atoms with Crippen molar-refractivity contribution in [3.8, 4) is 23.0 Å². The molecule has 0 saturated carbocycles. The van der Waals surface area contributed by atoms with Gasteiger partial charge in [0.15, 0.2) is 5.82 Å². The lowest BCUT2D eigenvalue weighted by Gasteiger charge is -2.38. The highest BCUT2D eigenvalue weighted by Crippen LogP contribution is 2.42. The summed E-state index contributed by atoms with van der Waals surface area (Å²) in [4.78, 5) is 17.5. The lowest BCUT2D eigenvalue weighted by atomic mass is 9.95. The molecular weight excluding hydrogens is 583 g/mol. The summed E-state index contributed by atoms with van der Waals surface area (Å²) in [5.41, 5.74) is -1.61. The summed E-state index contributed by atoms with van der Waals surface area (Å²) in [6, 6.07) is 5.25. The van der Waals surface area contributed by atoms with Crippen LogP contribution in [0.2, 0.25) is 5.02 Å². The quantitative estimate of drug-likeness (QED) is 0.292. The second-order valence-electron chi connectivity index (χ2n) is 12.4. The van der Waals surface area contributed by atoms with Crippen molar-refractivity contribution in [2.45, 2.75) is 56.3 Å². The smallest absolute Gasteiger partial charge is 0.319 e. The van der Waals surface area contributed by atoms with Crippen molar-refractivity contribution in [3.05, 3.63) is 47.1 Å². The molecule has 43 heavy (non-hydrogen) atoms. The molecule has 3 aliphatic rings. The number of ether oxygens (including phenoxy) is 1. The van der Waals surface area contributed by atoms with Gasteiger partial charge in [-0.1, -0.05) is 17.7 Å². The van der Waals surface area contributed by atoms with Crippen LogP contribution in [0.1, 0.15) is 39.0 Å². The van der Waals surface area contributed by atoms with E-state index in [9.17, 15) is 19.0 Å². The molecule has 4 aromatic rings. The van der Waals surface area contributed by atoms with Gasteiger partial charge in [0.1, 0.15) is 41.4 Å². The summed E-state index contributed by atoms with van der Waals surface area (Å²) in [6.07, 6.45) is 3.87. The number of piperidine rings is 1. The van der Waals surface area contributed by atoms with Gasteiger partial charge in [0.2, 0.25) is 0 Å². The number of hydrogen-bond acceptors (Lipinski definition) is 8. The van der Waals surface area contributed by atoms with Crippen LogP contribution in [0.25, 0.3) is 32.9 Å². The molecule has 3 fully saturated rings. The Hall–Kier alpha value is -3.41. The number of β-amino-alcohol motifs (C(OH)–C–C–N with tert-alkyl or cyclic N) is 1. The van der Waals surface area contributed by atoms with Gasteiger partial charge < -0.3 is 19.8 Å². The van der Waals surface area contributed by atoms with Crippen LogP contribution in [0.3, 0.4) is 0 Å². The molecule has 3 atom stereocenters. The molecule has 0 aliphatic carbocycles. The molecule has 5 heterocycles. The van der Waals surface area contributed by atoms with Crippen molar-refractivity contribution >= 4 is 39.1 Å². The first-order chi connectivity index (χ1) is 20.5. The molecule has 0 radical (unpaired) electrons. The zero-order valence-electron chi connectivity index (χ0n) is 23.6. The molecule has 2 aromatic heterocycles. The molecule has 0 amide bonds. The van der Waals surface area contributed by atoms with Crippen LogP contribution in [0, 0.1) is 11.6 Å². The number of phenols is 1. The Labute approximate surface area is 251 Å². The second kappa shape index (κ2) is 10.3. The largest absolute Gasteiger partial charge is 0.508 e. The van der Waals surface area contributed by atoms with Gasteiger partial charge in [-0.3, -0.25) is 9.88 Å². The molecule has 2 N–H and O–H groups in total. The lowest BCUT2D eigenvalue weighted by Crippen LogP contribution is -2.46. The third-order valence-electron chi connectivity index (χ3n) is 9.10.